The van der Waals surface area contributed by atoms with E-state index in [2.05, 4.69) is 50.7 Å². The fourth-order valence-corrected chi connectivity index (χ4v) is 5.19. The highest BCUT2D eigenvalue weighted by molar-refractivity contribution is 7.80. The Labute approximate surface area is 188 Å². The quantitative estimate of drug-likeness (QED) is 0.613. The Hall–Kier alpha value is -2.77. The van der Waals surface area contributed by atoms with Crippen molar-refractivity contribution in [2.75, 3.05) is 13.2 Å². The van der Waals surface area contributed by atoms with Gasteiger partial charge in [-0.05, 0) is 74.8 Å². The van der Waals surface area contributed by atoms with E-state index in [4.69, 9.17) is 17.0 Å². The van der Waals surface area contributed by atoms with E-state index in [1.54, 1.807) is 0 Å². The standard InChI is InChI=1S/C24H27N5OS/c1-16-14-19(17(2)29(16)21-10-4-6-12-26-21)23-22(20-9-3-5-11-25-20)27-24(31)28(23)15-18-8-7-13-30-18/h3-6,9-12,14,18,22-23H,7-8,13,15H2,1-2H3,(H,27,31)/t18-,22-,23-/m0/s1. The average molecular weight is 434 g/mol. The second kappa shape index (κ2) is 8.40. The molecule has 7 heteroatoms. The molecule has 3 aromatic rings. The van der Waals surface area contributed by atoms with E-state index >= 15 is 0 Å². The summed E-state index contributed by atoms with van der Waals surface area (Å²) in [5, 5.41) is 4.32. The Morgan fingerprint density at radius 3 is 2.61 bits per heavy atom. The Kier molecular flexibility index (Phi) is 5.46. The van der Waals surface area contributed by atoms with Crippen LogP contribution >= 0.6 is 12.2 Å². The summed E-state index contributed by atoms with van der Waals surface area (Å²) in [4.78, 5) is 11.5. The third kappa shape index (κ3) is 3.72. The fourth-order valence-electron chi connectivity index (χ4n) is 4.87. The van der Waals surface area contributed by atoms with Gasteiger partial charge in [-0.15, -0.1) is 0 Å². The summed E-state index contributed by atoms with van der Waals surface area (Å²) in [6, 6.07) is 14.3. The van der Waals surface area contributed by atoms with E-state index in [0.29, 0.717) is 0 Å². The van der Waals surface area contributed by atoms with Gasteiger partial charge >= 0.3 is 0 Å². The number of pyridine rings is 2. The van der Waals surface area contributed by atoms with Crippen molar-refractivity contribution in [3.8, 4) is 5.82 Å². The molecule has 3 atom stereocenters. The molecule has 6 nitrogen and oxygen atoms in total. The van der Waals surface area contributed by atoms with E-state index in [1.807, 2.05) is 42.7 Å². The van der Waals surface area contributed by atoms with Crippen LogP contribution in [0.2, 0.25) is 0 Å². The van der Waals surface area contributed by atoms with Crippen LogP contribution < -0.4 is 5.32 Å². The maximum atomic E-state index is 5.96. The van der Waals surface area contributed by atoms with Gasteiger partial charge in [0.2, 0.25) is 0 Å². The van der Waals surface area contributed by atoms with Crippen LogP contribution in [-0.2, 0) is 4.74 Å². The minimum absolute atomic E-state index is 0.0206. The van der Waals surface area contributed by atoms with E-state index in [1.165, 1.54) is 11.3 Å². The Morgan fingerprint density at radius 2 is 1.94 bits per heavy atom. The molecule has 0 unspecified atom stereocenters. The van der Waals surface area contributed by atoms with Crippen LogP contribution in [0, 0.1) is 13.8 Å². The zero-order valence-electron chi connectivity index (χ0n) is 17.9. The molecule has 0 bridgehead atoms. The highest BCUT2D eigenvalue weighted by Crippen LogP contribution is 2.41. The summed E-state index contributed by atoms with van der Waals surface area (Å²) in [6.07, 6.45) is 6.08. The van der Waals surface area contributed by atoms with Crippen LogP contribution in [0.5, 0.6) is 0 Å². The van der Waals surface area contributed by atoms with Crippen LogP contribution in [0.1, 0.15) is 47.6 Å². The van der Waals surface area contributed by atoms with Crippen molar-refractivity contribution in [2.24, 2.45) is 0 Å². The van der Waals surface area contributed by atoms with Crippen LogP contribution in [0.3, 0.4) is 0 Å². The van der Waals surface area contributed by atoms with Crippen molar-refractivity contribution in [2.45, 2.75) is 44.9 Å². The van der Waals surface area contributed by atoms with E-state index in [9.17, 15) is 0 Å². The zero-order chi connectivity index (χ0) is 21.4. The van der Waals surface area contributed by atoms with Crippen molar-refractivity contribution in [1.82, 2.24) is 24.8 Å². The summed E-state index contributed by atoms with van der Waals surface area (Å²) >= 11 is 5.82. The molecule has 160 valence electrons. The molecule has 5 rings (SSSR count). The van der Waals surface area contributed by atoms with Gasteiger partial charge in [-0.1, -0.05) is 12.1 Å². The molecule has 0 aliphatic carbocycles. The first-order valence-corrected chi connectivity index (χ1v) is 11.2. The summed E-state index contributed by atoms with van der Waals surface area (Å²) < 4.78 is 8.18. The van der Waals surface area contributed by atoms with E-state index in [-0.39, 0.29) is 18.2 Å². The molecule has 0 saturated carbocycles. The topological polar surface area (TPSA) is 55.2 Å². The van der Waals surface area contributed by atoms with Gasteiger partial charge in [0.05, 0.1) is 23.9 Å². The largest absolute Gasteiger partial charge is 0.376 e. The number of nitrogens with one attached hydrogen (secondary N) is 1. The molecule has 5 heterocycles. The smallest absolute Gasteiger partial charge is 0.170 e. The Bertz CT molecular complexity index is 1060. The number of aryl methyl sites for hydroxylation is 1. The lowest BCUT2D eigenvalue weighted by Gasteiger charge is -2.30. The number of ether oxygens (including phenoxy) is 1. The molecule has 0 spiro atoms. The van der Waals surface area contributed by atoms with Gasteiger partial charge in [0.1, 0.15) is 5.82 Å². The molecule has 0 aromatic carbocycles. The Balaban J connectivity index is 1.59. The third-order valence-corrected chi connectivity index (χ3v) is 6.64. The molecule has 0 radical (unpaired) electrons. The van der Waals surface area contributed by atoms with Crippen molar-refractivity contribution >= 4 is 17.3 Å². The number of hydrogen-bond donors (Lipinski definition) is 1. The van der Waals surface area contributed by atoms with E-state index in [0.717, 1.165) is 48.3 Å². The lowest BCUT2D eigenvalue weighted by atomic mass is 9.96. The first-order chi connectivity index (χ1) is 15.1. The van der Waals surface area contributed by atoms with Crippen LogP contribution in [0.15, 0.2) is 54.9 Å². The van der Waals surface area contributed by atoms with Crippen molar-refractivity contribution < 1.29 is 4.74 Å². The molecule has 2 fully saturated rings. The average Bonchev–Trinajstić information content (AvgIpc) is 3.49. The van der Waals surface area contributed by atoms with Crippen LogP contribution in [0.4, 0.5) is 0 Å². The fraction of sp³-hybridized carbons (Fsp3) is 0.375. The molecule has 0 amide bonds. The minimum atomic E-state index is -0.0206. The lowest BCUT2D eigenvalue weighted by Crippen LogP contribution is -2.36. The molecule has 3 aromatic heterocycles. The third-order valence-electron chi connectivity index (χ3n) is 6.29. The molecular weight excluding hydrogens is 406 g/mol. The molecule has 31 heavy (non-hydrogen) atoms. The monoisotopic (exact) mass is 433 g/mol. The predicted molar refractivity (Wildman–Crippen MR) is 124 cm³/mol. The number of rotatable bonds is 5. The van der Waals surface area contributed by atoms with Gasteiger partial charge in [0.25, 0.3) is 0 Å². The molecular formula is C24H27N5OS. The molecule has 2 saturated heterocycles. The van der Waals surface area contributed by atoms with Crippen LogP contribution in [-0.4, -0.2) is 43.8 Å². The van der Waals surface area contributed by atoms with Crippen LogP contribution in [0.25, 0.3) is 5.82 Å². The van der Waals surface area contributed by atoms with Gasteiger partial charge in [-0.2, -0.15) is 0 Å². The normalized spacial score (nSPS) is 23.4. The van der Waals surface area contributed by atoms with Gasteiger partial charge < -0.3 is 19.5 Å². The highest BCUT2D eigenvalue weighted by atomic mass is 32.1. The van der Waals surface area contributed by atoms with Gasteiger partial charge in [0, 0.05) is 36.9 Å². The number of hydrogen-bond acceptors (Lipinski definition) is 4. The predicted octanol–water partition coefficient (Wildman–Crippen LogP) is 4.04. The first-order valence-electron chi connectivity index (χ1n) is 10.8. The number of thiocarbonyl (C=S) groups is 1. The van der Waals surface area contributed by atoms with Gasteiger partial charge in [-0.25, -0.2) is 4.98 Å². The van der Waals surface area contributed by atoms with E-state index < -0.39 is 0 Å². The number of nitrogens with zero attached hydrogens (tertiary/aromatic N) is 4. The SMILES string of the molecule is Cc1cc([C@H]2[C@H](c3ccccn3)NC(=S)N2C[C@@H]2CCCO2)c(C)n1-c1ccccn1. The Morgan fingerprint density at radius 1 is 1.13 bits per heavy atom. The summed E-state index contributed by atoms with van der Waals surface area (Å²) in [5.74, 6) is 0.928. The molecule has 2 aliphatic rings. The summed E-state index contributed by atoms with van der Waals surface area (Å²) in [6.45, 7) is 5.92. The molecule has 1 N–H and O–H groups in total. The molecule has 2 aliphatic heterocycles. The number of aromatic nitrogens is 3. The van der Waals surface area contributed by atoms with Crippen molar-refractivity contribution in [3.05, 3.63) is 77.5 Å². The zero-order valence-corrected chi connectivity index (χ0v) is 18.7. The lowest BCUT2D eigenvalue weighted by molar-refractivity contribution is 0.0842. The first kappa shape index (κ1) is 20.2. The maximum Gasteiger partial charge on any atom is 0.170 e. The summed E-state index contributed by atoms with van der Waals surface area (Å²) in [7, 11) is 0. The second-order valence-electron chi connectivity index (χ2n) is 8.26. The summed E-state index contributed by atoms with van der Waals surface area (Å²) in [5.41, 5.74) is 4.56. The maximum absolute atomic E-state index is 5.96. The second-order valence-corrected chi connectivity index (χ2v) is 8.65. The minimum Gasteiger partial charge on any atom is -0.376 e. The van der Waals surface area contributed by atoms with Gasteiger partial charge in [0.15, 0.2) is 5.11 Å². The van der Waals surface area contributed by atoms with Crippen molar-refractivity contribution in [3.63, 3.8) is 0 Å². The van der Waals surface area contributed by atoms with Gasteiger partial charge in [-0.3, -0.25) is 4.98 Å². The van der Waals surface area contributed by atoms with Crippen molar-refractivity contribution in [1.29, 1.82) is 0 Å². The highest BCUT2D eigenvalue weighted by Gasteiger charge is 2.42.